The molecule has 1 atom stereocenters. The number of ether oxygens (including phenoxy) is 1. The van der Waals surface area contributed by atoms with Crippen LogP contribution in [-0.2, 0) is 21.5 Å². The Morgan fingerprint density at radius 3 is 2.44 bits per heavy atom. The number of rotatable bonds is 6. The Bertz CT molecular complexity index is 1890. The van der Waals surface area contributed by atoms with Gasteiger partial charge in [-0.3, -0.25) is 24.3 Å². The molecule has 6 rings (SSSR count). The van der Waals surface area contributed by atoms with Crippen molar-refractivity contribution in [2.75, 3.05) is 17.7 Å². The number of ketones is 1. The molecule has 0 spiro atoms. The van der Waals surface area contributed by atoms with Crippen LogP contribution in [0.4, 0.5) is 21.5 Å². The number of nitrogen functional groups attached to an aromatic ring is 1. The Balaban J connectivity index is 0.00000337. The van der Waals surface area contributed by atoms with E-state index in [4.69, 9.17) is 10.5 Å². The van der Waals surface area contributed by atoms with Crippen molar-refractivity contribution in [1.29, 1.82) is 0 Å². The third-order valence-electron chi connectivity index (χ3n) is 7.50. The van der Waals surface area contributed by atoms with Gasteiger partial charge in [0.1, 0.15) is 29.2 Å². The van der Waals surface area contributed by atoms with E-state index in [9.17, 15) is 23.9 Å². The van der Waals surface area contributed by atoms with Gasteiger partial charge in [0, 0.05) is 57.1 Å². The smallest absolute Gasteiger partial charge is 0.323 e. The number of hydrogen-bond acceptors (Lipinski definition) is 6. The van der Waals surface area contributed by atoms with Gasteiger partial charge in [0.05, 0.1) is 30.2 Å². The molecule has 41 heavy (non-hydrogen) atoms. The molecule has 9 nitrogen and oxygen atoms in total. The quantitative estimate of drug-likeness (QED) is 0.136. The van der Waals surface area contributed by atoms with Crippen LogP contribution in [0.1, 0.15) is 23.0 Å². The number of Topliss-reactive ketones (excluding diaryl/α,β-unsaturated/α-hetero) is 1. The van der Waals surface area contributed by atoms with E-state index in [1.807, 2.05) is 12.1 Å². The number of carboxylic acids is 1. The van der Waals surface area contributed by atoms with Gasteiger partial charge >= 0.3 is 5.97 Å². The molecule has 0 unspecified atom stereocenters. The minimum atomic E-state index is -1.79. The van der Waals surface area contributed by atoms with Gasteiger partial charge in [-0.25, -0.2) is 4.39 Å². The molecule has 3 N–H and O–H groups in total. The van der Waals surface area contributed by atoms with Gasteiger partial charge in [-0.1, -0.05) is 18.2 Å². The molecule has 0 fully saturated rings. The van der Waals surface area contributed by atoms with E-state index in [2.05, 4.69) is 4.98 Å². The number of amides is 1. The fraction of sp³-hybridized carbons (Fsp3) is 0.133. The summed E-state index contributed by atoms with van der Waals surface area (Å²) in [6, 6.07) is 17.4. The second kappa shape index (κ2) is 10.3. The summed E-state index contributed by atoms with van der Waals surface area (Å²) in [5.74, 6) is -2.36. The summed E-state index contributed by atoms with van der Waals surface area (Å²) in [5, 5.41) is 10.8. The number of aromatic nitrogens is 2. The minimum Gasteiger partial charge on any atom is -0.495 e. The average molecular weight is 562 g/mol. The number of nitrogens with two attached hydrogens (primary N) is 1. The van der Waals surface area contributed by atoms with Crippen molar-refractivity contribution in [3.63, 3.8) is 0 Å². The zero-order chi connectivity index (χ0) is 28.3. The number of carbonyl (C=O) groups excluding carboxylic acids is 2. The molecule has 1 amide bonds. The fourth-order valence-corrected chi connectivity index (χ4v) is 5.61. The Morgan fingerprint density at radius 1 is 1.05 bits per heavy atom. The number of methoxy groups -OCH3 is 1. The van der Waals surface area contributed by atoms with Crippen LogP contribution in [0, 0.1) is 5.82 Å². The molecule has 1 aliphatic heterocycles. The first-order valence-corrected chi connectivity index (χ1v) is 12.4. The maximum atomic E-state index is 14.3. The number of carboxylic acid groups (broad SMARTS) is 1. The second-order valence-electron chi connectivity index (χ2n) is 9.73. The zero-order valence-electron chi connectivity index (χ0n) is 22.5. The number of aliphatic carboxylic acids is 1. The summed E-state index contributed by atoms with van der Waals surface area (Å²) >= 11 is 0. The largest absolute Gasteiger partial charge is 0.495 e. The van der Waals surface area contributed by atoms with Crippen LogP contribution in [0.3, 0.4) is 0 Å². The predicted octanol–water partition coefficient (Wildman–Crippen LogP) is 4.44. The van der Waals surface area contributed by atoms with E-state index in [1.54, 1.807) is 34.9 Å². The van der Waals surface area contributed by atoms with Gasteiger partial charge < -0.3 is 20.1 Å². The van der Waals surface area contributed by atoms with Crippen LogP contribution < -0.4 is 15.4 Å². The van der Waals surface area contributed by atoms with E-state index < -0.39 is 28.9 Å². The zero-order valence-corrected chi connectivity index (χ0v) is 24.5. The van der Waals surface area contributed by atoms with Crippen molar-refractivity contribution in [3.8, 4) is 5.75 Å². The van der Waals surface area contributed by atoms with E-state index in [0.717, 1.165) is 5.39 Å². The number of anilines is 3. The predicted molar refractivity (Wildman–Crippen MR) is 153 cm³/mol. The number of carbonyl (C=O) groups is 3. The number of hydrogen-bond donors (Lipinski definition) is 2. The van der Waals surface area contributed by atoms with Crippen molar-refractivity contribution >= 4 is 86.1 Å². The van der Waals surface area contributed by atoms with Crippen LogP contribution in [0.25, 0.3) is 21.8 Å². The van der Waals surface area contributed by atoms with E-state index >= 15 is 0 Å². The molecule has 201 valence electrons. The van der Waals surface area contributed by atoms with Gasteiger partial charge in [-0.05, 0) is 55.5 Å². The summed E-state index contributed by atoms with van der Waals surface area (Å²) in [4.78, 5) is 45.8. The summed E-state index contributed by atoms with van der Waals surface area (Å²) in [6.45, 7) is 1.21. The van der Waals surface area contributed by atoms with Gasteiger partial charge in [-0.15, -0.1) is 0 Å². The summed E-state index contributed by atoms with van der Waals surface area (Å²) in [5.41, 5.74) is 7.07. The van der Waals surface area contributed by atoms with Crippen molar-refractivity contribution in [1.82, 2.24) is 9.55 Å². The van der Waals surface area contributed by atoms with Crippen molar-refractivity contribution in [2.45, 2.75) is 18.9 Å². The van der Waals surface area contributed by atoms with Crippen molar-refractivity contribution < 1.29 is 28.6 Å². The molecule has 0 bridgehead atoms. The van der Waals surface area contributed by atoms with Crippen LogP contribution in [-0.4, -0.2) is 69.0 Å². The number of nitrogens with zero attached hydrogens (tertiary/aromatic N) is 3. The number of pyridine rings is 1. The number of benzene rings is 3. The monoisotopic (exact) mass is 561 g/mol. The Kier molecular flexibility index (Phi) is 7.10. The first-order chi connectivity index (χ1) is 19.2. The normalized spacial score (nSPS) is 16.1. The van der Waals surface area contributed by atoms with Gasteiger partial charge in [0.15, 0.2) is 0 Å². The molecule has 0 aliphatic carbocycles. The second-order valence-corrected chi connectivity index (χ2v) is 9.73. The fourth-order valence-electron chi connectivity index (χ4n) is 5.61. The molecular formula is C30H23FN4NaO5. The molecule has 5 aromatic rings. The van der Waals surface area contributed by atoms with E-state index in [0.29, 0.717) is 33.5 Å². The number of para-hydroxylation sites is 1. The summed E-state index contributed by atoms with van der Waals surface area (Å²) < 4.78 is 20.7. The van der Waals surface area contributed by atoms with Gasteiger partial charge in [0.2, 0.25) is 11.7 Å². The Labute approximate surface area is 255 Å². The molecule has 0 saturated heterocycles. The third-order valence-corrected chi connectivity index (χ3v) is 7.50. The molecule has 1 aliphatic rings. The molecular weight excluding hydrogens is 538 g/mol. The maximum Gasteiger partial charge on any atom is 0.323 e. The molecule has 0 saturated carbocycles. The molecule has 2 aromatic heterocycles. The number of halogens is 1. The Hall–Kier alpha value is -4.25. The van der Waals surface area contributed by atoms with Gasteiger partial charge in [0.25, 0.3) is 0 Å². The summed E-state index contributed by atoms with van der Waals surface area (Å²) in [7, 11) is 1.44. The van der Waals surface area contributed by atoms with E-state index in [-0.39, 0.29) is 53.0 Å². The van der Waals surface area contributed by atoms with E-state index in [1.165, 1.54) is 49.4 Å². The van der Waals surface area contributed by atoms with Crippen LogP contribution in [0.5, 0.6) is 5.75 Å². The summed E-state index contributed by atoms with van der Waals surface area (Å²) in [6.07, 6.45) is 1.45. The Morgan fingerprint density at radius 2 is 1.76 bits per heavy atom. The molecule has 1 radical (unpaired) electrons. The molecule has 3 aromatic carbocycles. The minimum absolute atomic E-state index is 0. The van der Waals surface area contributed by atoms with Crippen LogP contribution in [0.15, 0.2) is 72.9 Å². The van der Waals surface area contributed by atoms with Crippen LogP contribution in [0.2, 0.25) is 0 Å². The first-order valence-electron chi connectivity index (χ1n) is 12.4. The topological polar surface area (TPSA) is 128 Å². The van der Waals surface area contributed by atoms with Crippen molar-refractivity contribution in [3.05, 3.63) is 90.0 Å². The standard InChI is InChI=1S/C30H23FN4O5.Na/c1-30(26-22(11-12-24(40-2)27(26)32)35(29(30)39)17-9-7-16(31)8-10-17)28(38)20-13-19-18-5-3-4-6-21(18)34(15-25(36)37)23(19)14-33-20;/h3-14H,15,32H2,1-2H3,(H,36,37);/t30-;/m0./s1. The molecule has 3 heterocycles. The maximum absolute atomic E-state index is 14.3. The average Bonchev–Trinajstić information content (AvgIpc) is 3.38. The van der Waals surface area contributed by atoms with Gasteiger partial charge in [-0.2, -0.15) is 0 Å². The van der Waals surface area contributed by atoms with Crippen LogP contribution >= 0.6 is 0 Å². The first kappa shape index (κ1) is 28.3. The number of fused-ring (bicyclic) bond motifs is 4. The molecule has 11 heteroatoms. The SMILES string of the molecule is COc1ccc2c(c1N)[C@@](C)(C(=O)c1cc3c4ccccc4n(CC(=O)O)c3cn1)C(=O)N2c1ccc(F)cc1.[Na]. The third kappa shape index (κ3) is 4.18. The van der Waals surface area contributed by atoms with Crippen molar-refractivity contribution in [2.24, 2.45) is 0 Å².